The van der Waals surface area contributed by atoms with Crippen LogP contribution in [0.4, 0.5) is 0 Å². The highest BCUT2D eigenvalue weighted by Gasteiger charge is 2.12. The van der Waals surface area contributed by atoms with Crippen molar-refractivity contribution in [2.24, 2.45) is 11.7 Å². The minimum atomic E-state index is -0.175. The van der Waals surface area contributed by atoms with Crippen molar-refractivity contribution in [1.82, 2.24) is 15.1 Å². The number of benzene rings is 1. The van der Waals surface area contributed by atoms with E-state index in [1.54, 1.807) is 0 Å². The Bertz CT molecular complexity index is 633. The Morgan fingerprint density at radius 1 is 1.38 bits per heavy atom. The zero-order chi connectivity index (χ0) is 15.4. The molecule has 0 saturated heterocycles. The van der Waals surface area contributed by atoms with Gasteiger partial charge in [0.25, 0.3) is 0 Å². The van der Waals surface area contributed by atoms with Gasteiger partial charge in [0, 0.05) is 24.7 Å². The maximum Gasteiger partial charge on any atom is 0.224 e. The monoisotopic (exact) mass is 286 g/mol. The number of hydrogen-bond donors (Lipinski definition) is 2. The molecule has 0 saturated carbocycles. The van der Waals surface area contributed by atoms with Crippen LogP contribution in [0.5, 0.6) is 0 Å². The topological polar surface area (TPSA) is 72.9 Å². The molecule has 0 bridgehead atoms. The van der Waals surface area contributed by atoms with E-state index in [9.17, 15) is 4.79 Å². The van der Waals surface area contributed by atoms with Crippen molar-refractivity contribution >= 4 is 5.91 Å². The molecule has 1 aromatic carbocycles. The van der Waals surface area contributed by atoms with Gasteiger partial charge in [-0.3, -0.25) is 4.79 Å². The first-order valence-corrected chi connectivity index (χ1v) is 7.12. The highest BCUT2D eigenvalue weighted by atomic mass is 16.1. The second-order valence-electron chi connectivity index (χ2n) is 5.32. The van der Waals surface area contributed by atoms with E-state index in [0.29, 0.717) is 13.1 Å². The first-order valence-electron chi connectivity index (χ1n) is 7.12. The number of amides is 1. The largest absolute Gasteiger partial charge is 0.352 e. The van der Waals surface area contributed by atoms with Gasteiger partial charge in [-0.15, -0.1) is 0 Å². The number of rotatable bonds is 5. The summed E-state index contributed by atoms with van der Waals surface area (Å²) in [7, 11) is 0. The Hall–Kier alpha value is -2.14. The zero-order valence-corrected chi connectivity index (χ0v) is 12.8. The molecule has 1 aromatic heterocycles. The van der Waals surface area contributed by atoms with Gasteiger partial charge >= 0.3 is 0 Å². The van der Waals surface area contributed by atoms with Crippen molar-refractivity contribution in [3.63, 3.8) is 0 Å². The number of carbonyl (C=O) groups excluding carboxylic acids is 1. The molecule has 5 heteroatoms. The Labute approximate surface area is 125 Å². The standard InChI is InChI=1S/C16H22N4O/c1-11(9-17)16(21)18-10-14-6-4-5-7-15(14)20-13(3)8-12(2)19-20/h4-8,11H,9-10,17H2,1-3H3,(H,18,21). The van der Waals surface area contributed by atoms with Crippen molar-refractivity contribution in [2.45, 2.75) is 27.3 Å². The summed E-state index contributed by atoms with van der Waals surface area (Å²) in [5, 5.41) is 7.43. The van der Waals surface area contributed by atoms with Crippen LogP contribution in [0, 0.1) is 19.8 Å². The van der Waals surface area contributed by atoms with Gasteiger partial charge in [0.2, 0.25) is 5.91 Å². The summed E-state index contributed by atoms with van der Waals surface area (Å²) in [4.78, 5) is 11.9. The third-order valence-electron chi connectivity index (χ3n) is 3.48. The smallest absolute Gasteiger partial charge is 0.224 e. The third-order valence-corrected chi connectivity index (χ3v) is 3.48. The molecule has 2 rings (SSSR count). The van der Waals surface area contributed by atoms with Crippen LogP contribution >= 0.6 is 0 Å². The van der Waals surface area contributed by atoms with Crippen molar-refractivity contribution in [1.29, 1.82) is 0 Å². The van der Waals surface area contributed by atoms with E-state index in [1.807, 2.05) is 55.8 Å². The fourth-order valence-electron chi connectivity index (χ4n) is 2.20. The van der Waals surface area contributed by atoms with Crippen molar-refractivity contribution in [3.05, 3.63) is 47.3 Å². The quantitative estimate of drug-likeness (QED) is 0.878. The molecule has 2 aromatic rings. The summed E-state index contributed by atoms with van der Waals surface area (Å²) in [5.74, 6) is -0.202. The maximum atomic E-state index is 11.9. The molecule has 1 atom stereocenters. The first kappa shape index (κ1) is 15.3. The van der Waals surface area contributed by atoms with Gasteiger partial charge in [-0.2, -0.15) is 5.10 Å². The molecule has 0 radical (unpaired) electrons. The van der Waals surface area contributed by atoms with Crippen LogP contribution in [0.2, 0.25) is 0 Å². The Kier molecular flexibility index (Phi) is 4.75. The number of aryl methyl sites for hydroxylation is 2. The predicted molar refractivity (Wildman–Crippen MR) is 83.1 cm³/mol. The molecule has 3 N–H and O–H groups in total. The van der Waals surface area contributed by atoms with Gasteiger partial charge in [-0.05, 0) is 31.5 Å². The number of nitrogens with two attached hydrogens (primary N) is 1. The van der Waals surface area contributed by atoms with E-state index < -0.39 is 0 Å². The first-order chi connectivity index (χ1) is 10.0. The second-order valence-corrected chi connectivity index (χ2v) is 5.32. The minimum absolute atomic E-state index is 0.0272. The highest BCUT2D eigenvalue weighted by molar-refractivity contribution is 5.78. The van der Waals surface area contributed by atoms with Gasteiger partial charge in [0.1, 0.15) is 0 Å². The van der Waals surface area contributed by atoms with E-state index in [4.69, 9.17) is 5.73 Å². The SMILES string of the molecule is Cc1cc(C)n(-c2ccccc2CNC(=O)C(C)CN)n1. The Morgan fingerprint density at radius 3 is 2.71 bits per heavy atom. The Balaban J connectivity index is 2.22. The van der Waals surface area contributed by atoms with Gasteiger partial charge in [0.05, 0.1) is 11.4 Å². The summed E-state index contributed by atoms with van der Waals surface area (Å²) < 4.78 is 1.91. The van der Waals surface area contributed by atoms with Crippen LogP contribution in [-0.4, -0.2) is 22.2 Å². The van der Waals surface area contributed by atoms with E-state index in [2.05, 4.69) is 10.4 Å². The van der Waals surface area contributed by atoms with E-state index in [-0.39, 0.29) is 11.8 Å². The fraction of sp³-hybridized carbons (Fsp3) is 0.375. The average molecular weight is 286 g/mol. The molecular formula is C16H22N4O. The molecule has 1 unspecified atom stereocenters. The number of aromatic nitrogens is 2. The minimum Gasteiger partial charge on any atom is -0.352 e. The molecule has 0 aliphatic heterocycles. The van der Waals surface area contributed by atoms with Crippen molar-refractivity contribution in [2.75, 3.05) is 6.54 Å². The lowest BCUT2D eigenvalue weighted by molar-refractivity contribution is -0.124. The third kappa shape index (κ3) is 3.49. The fourth-order valence-corrected chi connectivity index (χ4v) is 2.20. The van der Waals surface area contributed by atoms with Crippen molar-refractivity contribution in [3.8, 4) is 5.69 Å². The molecule has 21 heavy (non-hydrogen) atoms. The molecule has 0 fully saturated rings. The molecule has 112 valence electrons. The summed E-state index contributed by atoms with van der Waals surface area (Å²) in [6.45, 7) is 6.63. The molecule has 0 aliphatic carbocycles. The van der Waals surface area contributed by atoms with E-state index in [1.165, 1.54) is 0 Å². The van der Waals surface area contributed by atoms with E-state index in [0.717, 1.165) is 22.6 Å². The van der Waals surface area contributed by atoms with Gasteiger partial charge in [0.15, 0.2) is 0 Å². The number of nitrogens with one attached hydrogen (secondary N) is 1. The number of para-hydroxylation sites is 1. The molecule has 0 spiro atoms. The van der Waals surface area contributed by atoms with Gasteiger partial charge in [-0.1, -0.05) is 25.1 Å². The van der Waals surface area contributed by atoms with Crippen LogP contribution in [0.25, 0.3) is 5.69 Å². The van der Waals surface area contributed by atoms with Crippen LogP contribution in [0.15, 0.2) is 30.3 Å². The summed E-state index contributed by atoms with van der Waals surface area (Å²) in [5.41, 5.74) is 9.58. The lowest BCUT2D eigenvalue weighted by Crippen LogP contribution is -2.33. The zero-order valence-electron chi connectivity index (χ0n) is 12.8. The number of carbonyl (C=O) groups is 1. The van der Waals surface area contributed by atoms with Crippen LogP contribution in [0.3, 0.4) is 0 Å². The summed E-state index contributed by atoms with van der Waals surface area (Å²) in [6.07, 6.45) is 0. The summed E-state index contributed by atoms with van der Waals surface area (Å²) >= 11 is 0. The molecule has 5 nitrogen and oxygen atoms in total. The van der Waals surface area contributed by atoms with Crippen molar-refractivity contribution < 1.29 is 4.79 Å². The van der Waals surface area contributed by atoms with Crippen LogP contribution < -0.4 is 11.1 Å². The van der Waals surface area contributed by atoms with Gasteiger partial charge < -0.3 is 11.1 Å². The summed E-state index contributed by atoms with van der Waals surface area (Å²) in [6, 6.07) is 9.97. The van der Waals surface area contributed by atoms with Crippen LogP contribution in [-0.2, 0) is 11.3 Å². The molecule has 1 heterocycles. The van der Waals surface area contributed by atoms with Gasteiger partial charge in [-0.25, -0.2) is 4.68 Å². The molecule has 0 aliphatic rings. The van der Waals surface area contributed by atoms with Crippen LogP contribution in [0.1, 0.15) is 23.9 Å². The lowest BCUT2D eigenvalue weighted by Gasteiger charge is -2.14. The average Bonchev–Trinajstić information content (AvgIpc) is 2.82. The Morgan fingerprint density at radius 2 is 2.10 bits per heavy atom. The van der Waals surface area contributed by atoms with E-state index >= 15 is 0 Å². The number of hydrogen-bond acceptors (Lipinski definition) is 3. The maximum absolute atomic E-state index is 11.9. The highest BCUT2D eigenvalue weighted by Crippen LogP contribution is 2.17. The molecular weight excluding hydrogens is 264 g/mol. The molecule has 1 amide bonds. The lowest BCUT2D eigenvalue weighted by atomic mass is 10.1. The predicted octanol–water partition coefficient (Wildman–Crippen LogP) is 1.70. The second kappa shape index (κ2) is 6.54. The normalized spacial score (nSPS) is 12.2. The number of nitrogens with zero attached hydrogens (tertiary/aromatic N) is 2.